The van der Waals surface area contributed by atoms with Crippen LogP contribution in [0.1, 0.15) is 19.8 Å². The van der Waals surface area contributed by atoms with Crippen LogP contribution in [0.4, 0.5) is 0 Å². The lowest BCUT2D eigenvalue weighted by Gasteiger charge is -2.01. The molecule has 0 amide bonds. The molecule has 0 aliphatic heterocycles. The van der Waals surface area contributed by atoms with E-state index in [2.05, 4.69) is 4.52 Å². The molecule has 0 rings (SSSR count). The summed E-state index contributed by atoms with van der Waals surface area (Å²) in [6, 6.07) is 0. The minimum Gasteiger partial charge on any atom is -0.463 e. The molecule has 0 aromatic carbocycles. The average molecular weight is 222 g/mol. The van der Waals surface area contributed by atoms with E-state index in [1.807, 2.05) is 0 Å². The fraction of sp³-hybridized carbons (Fsp3) is 0.625. The molecule has 0 fully saturated rings. The van der Waals surface area contributed by atoms with Gasteiger partial charge in [0.25, 0.3) is 0 Å². The molecule has 1 unspecified atom stereocenters. The summed E-state index contributed by atoms with van der Waals surface area (Å²) in [6.07, 6.45) is 4.16. The van der Waals surface area contributed by atoms with Gasteiger partial charge >= 0.3 is 14.2 Å². The van der Waals surface area contributed by atoms with Gasteiger partial charge in [0.15, 0.2) is 0 Å². The number of allylic oxidation sites excluding steroid dienone is 1. The van der Waals surface area contributed by atoms with Crippen LogP contribution in [-0.4, -0.2) is 24.1 Å². The Hall–Kier alpha value is -0.640. The number of rotatable bonds is 7. The van der Waals surface area contributed by atoms with Gasteiger partial charge in [0, 0.05) is 6.08 Å². The van der Waals surface area contributed by atoms with E-state index in [9.17, 15) is 9.36 Å². The summed E-state index contributed by atoms with van der Waals surface area (Å²) >= 11 is 0. The van der Waals surface area contributed by atoms with E-state index >= 15 is 0 Å². The Balaban J connectivity index is 3.21. The summed E-state index contributed by atoms with van der Waals surface area (Å²) < 4.78 is 19.3. The second-order valence-electron chi connectivity index (χ2n) is 2.49. The van der Waals surface area contributed by atoms with Gasteiger partial charge in [-0.2, -0.15) is 0 Å². The van der Waals surface area contributed by atoms with Crippen molar-refractivity contribution in [1.29, 1.82) is 0 Å². The van der Waals surface area contributed by atoms with Crippen molar-refractivity contribution in [3.63, 3.8) is 0 Å². The molecule has 1 N–H and O–H groups in total. The highest BCUT2D eigenvalue weighted by molar-refractivity contribution is 7.32. The lowest BCUT2D eigenvalue weighted by molar-refractivity contribution is -0.137. The summed E-state index contributed by atoms with van der Waals surface area (Å²) in [5.41, 5.74) is 0. The Morgan fingerprint density at radius 3 is 2.64 bits per heavy atom. The maximum atomic E-state index is 10.8. The molecule has 0 spiro atoms. The summed E-state index contributed by atoms with van der Waals surface area (Å²) in [5, 5.41) is 0. The van der Waals surface area contributed by atoms with Gasteiger partial charge in [-0.3, -0.25) is 4.57 Å². The minimum absolute atomic E-state index is 0.218. The first-order chi connectivity index (χ1) is 6.66. The zero-order chi connectivity index (χ0) is 10.8. The number of ether oxygens (including phenoxy) is 1. The largest absolute Gasteiger partial charge is 0.463 e. The molecule has 0 saturated heterocycles. The van der Waals surface area contributed by atoms with E-state index in [4.69, 9.17) is 9.63 Å². The summed E-state index contributed by atoms with van der Waals surface area (Å²) in [4.78, 5) is 19.1. The fourth-order valence-electron chi connectivity index (χ4n) is 0.721. The van der Waals surface area contributed by atoms with Crippen molar-refractivity contribution in [2.75, 3.05) is 13.2 Å². The van der Waals surface area contributed by atoms with Crippen LogP contribution in [-0.2, 0) is 18.6 Å². The second-order valence-corrected chi connectivity index (χ2v) is 3.31. The highest BCUT2D eigenvalue weighted by Gasteiger charge is 1.96. The number of unbranched alkanes of at least 4 members (excludes halogenated alkanes) is 1. The zero-order valence-corrected chi connectivity index (χ0v) is 9.06. The normalized spacial score (nSPS) is 13.0. The molecule has 0 aromatic rings. The molecule has 6 heteroatoms. The highest BCUT2D eigenvalue weighted by Crippen LogP contribution is 2.14. The Kier molecular flexibility index (Phi) is 8.53. The zero-order valence-electron chi connectivity index (χ0n) is 8.06. The van der Waals surface area contributed by atoms with Gasteiger partial charge in [-0.25, -0.2) is 4.79 Å². The molecule has 0 aromatic heterocycles. The number of carbonyl (C=O) groups is 1. The Labute approximate surface area is 83.7 Å². The number of esters is 1. The van der Waals surface area contributed by atoms with Crippen molar-refractivity contribution < 1.29 is 23.5 Å². The van der Waals surface area contributed by atoms with Gasteiger partial charge in [0.2, 0.25) is 0 Å². The smallest absolute Gasteiger partial charge is 0.330 e. The standard InChI is InChI=1S/C8H15O5P/c1-2-5-8(9)12-6-3-4-7-13-14(10)11/h2,5,14H,3-4,6-7H2,1H3,(H,10,11). The Bertz CT molecular complexity index is 214. The van der Waals surface area contributed by atoms with Gasteiger partial charge in [-0.1, -0.05) is 6.08 Å². The molecular weight excluding hydrogens is 207 g/mol. The summed E-state index contributed by atoms with van der Waals surface area (Å²) in [7, 11) is -2.82. The Morgan fingerprint density at radius 1 is 1.43 bits per heavy atom. The average Bonchev–Trinajstić information content (AvgIpc) is 2.11. The van der Waals surface area contributed by atoms with Gasteiger partial charge in [-0.15, -0.1) is 0 Å². The van der Waals surface area contributed by atoms with Crippen LogP contribution < -0.4 is 0 Å². The van der Waals surface area contributed by atoms with Crippen LogP contribution in [0.3, 0.4) is 0 Å². The van der Waals surface area contributed by atoms with Crippen molar-refractivity contribution in [3.8, 4) is 0 Å². The lowest BCUT2D eigenvalue weighted by atomic mass is 10.3. The number of carbonyl (C=O) groups excluding carboxylic acids is 1. The molecule has 0 bridgehead atoms. The van der Waals surface area contributed by atoms with Crippen LogP contribution >= 0.6 is 8.25 Å². The fourth-order valence-corrected chi connectivity index (χ4v) is 1.04. The SMILES string of the molecule is CC=CC(=O)OCCCCO[PH](=O)O. The third-order valence-corrected chi connectivity index (χ3v) is 1.76. The molecule has 0 aliphatic carbocycles. The molecule has 0 radical (unpaired) electrons. The van der Waals surface area contributed by atoms with E-state index in [-0.39, 0.29) is 12.6 Å². The molecule has 0 heterocycles. The topological polar surface area (TPSA) is 72.8 Å². The lowest BCUT2D eigenvalue weighted by Crippen LogP contribution is -2.02. The maximum absolute atomic E-state index is 10.8. The molecule has 5 nitrogen and oxygen atoms in total. The molecule has 1 atom stereocenters. The monoisotopic (exact) mass is 222 g/mol. The predicted octanol–water partition coefficient (Wildman–Crippen LogP) is 1.28. The number of hydrogen-bond donors (Lipinski definition) is 1. The number of hydrogen-bond acceptors (Lipinski definition) is 4. The van der Waals surface area contributed by atoms with E-state index in [0.717, 1.165) is 0 Å². The van der Waals surface area contributed by atoms with Crippen molar-refractivity contribution in [2.45, 2.75) is 19.8 Å². The third-order valence-electron chi connectivity index (χ3n) is 1.31. The minimum atomic E-state index is -2.82. The van der Waals surface area contributed by atoms with Crippen molar-refractivity contribution >= 4 is 14.2 Å². The van der Waals surface area contributed by atoms with E-state index in [0.29, 0.717) is 19.4 Å². The highest BCUT2D eigenvalue weighted by atomic mass is 31.1. The molecule has 14 heavy (non-hydrogen) atoms. The Morgan fingerprint density at radius 2 is 2.07 bits per heavy atom. The van der Waals surface area contributed by atoms with Crippen LogP contribution in [0.2, 0.25) is 0 Å². The van der Waals surface area contributed by atoms with Crippen molar-refractivity contribution in [2.24, 2.45) is 0 Å². The van der Waals surface area contributed by atoms with Crippen LogP contribution in [0.25, 0.3) is 0 Å². The van der Waals surface area contributed by atoms with Crippen LogP contribution in [0.15, 0.2) is 12.2 Å². The first-order valence-electron chi connectivity index (χ1n) is 4.32. The van der Waals surface area contributed by atoms with Crippen molar-refractivity contribution in [1.82, 2.24) is 0 Å². The summed E-state index contributed by atoms with van der Waals surface area (Å²) in [6.45, 7) is 2.25. The summed E-state index contributed by atoms with van der Waals surface area (Å²) in [5.74, 6) is -0.371. The molecule has 0 saturated carbocycles. The molecule has 82 valence electrons. The quantitative estimate of drug-likeness (QED) is 0.304. The van der Waals surface area contributed by atoms with Gasteiger partial charge in [-0.05, 0) is 19.8 Å². The van der Waals surface area contributed by atoms with Crippen molar-refractivity contribution in [3.05, 3.63) is 12.2 Å². The predicted molar refractivity (Wildman–Crippen MR) is 52.2 cm³/mol. The first kappa shape index (κ1) is 13.4. The van der Waals surface area contributed by atoms with E-state index < -0.39 is 8.25 Å². The van der Waals surface area contributed by atoms with E-state index in [1.165, 1.54) is 6.08 Å². The van der Waals surface area contributed by atoms with E-state index in [1.54, 1.807) is 13.0 Å². The molecule has 0 aliphatic rings. The maximum Gasteiger partial charge on any atom is 0.330 e. The van der Waals surface area contributed by atoms with Gasteiger partial charge in [0.1, 0.15) is 0 Å². The molecular formula is C8H15O5P. The van der Waals surface area contributed by atoms with Crippen LogP contribution in [0, 0.1) is 0 Å². The third kappa shape index (κ3) is 9.45. The van der Waals surface area contributed by atoms with Crippen LogP contribution in [0.5, 0.6) is 0 Å². The first-order valence-corrected chi connectivity index (χ1v) is 5.58. The van der Waals surface area contributed by atoms with Gasteiger partial charge < -0.3 is 14.2 Å². The van der Waals surface area contributed by atoms with Gasteiger partial charge in [0.05, 0.1) is 13.2 Å². The second kappa shape index (κ2) is 8.94.